The summed E-state index contributed by atoms with van der Waals surface area (Å²) in [6.45, 7) is -0.932. The van der Waals surface area contributed by atoms with Gasteiger partial charge in [0.1, 0.15) is 10.6 Å². The van der Waals surface area contributed by atoms with E-state index in [9.17, 15) is 30.4 Å². The largest absolute Gasteiger partial charge is 0.418 e. The molecule has 1 heterocycles. The minimum Gasteiger partial charge on any atom is -0.326 e. The van der Waals surface area contributed by atoms with Gasteiger partial charge in [0.25, 0.3) is 15.5 Å². The number of pyridine rings is 1. The lowest BCUT2D eigenvalue weighted by molar-refractivity contribution is -0.140. The highest BCUT2D eigenvalue weighted by Crippen LogP contribution is 2.40. The molecule has 11 heteroatoms. The third-order valence-corrected chi connectivity index (χ3v) is 3.51. The van der Waals surface area contributed by atoms with Crippen LogP contribution < -0.4 is 5.73 Å². The molecule has 0 atom stereocenters. The highest BCUT2D eigenvalue weighted by molar-refractivity contribution is 8.13. The zero-order chi connectivity index (χ0) is 15.0. The van der Waals surface area contributed by atoms with Gasteiger partial charge >= 0.3 is 6.18 Å². The summed E-state index contributed by atoms with van der Waals surface area (Å²) in [5, 5.41) is 0. The van der Waals surface area contributed by atoms with Crippen LogP contribution in [0.3, 0.4) is 0 Å². The zero-order valence-electron chi connectivity index (χ0n) is 8.88. The first-order valence-electron chi connectivity index (χ1n) is 4.52. The van der Waals surface area contributed by atoms with Crippen molar-refractivity contribution in [3.8, 4) is 0 Å². The van der Waals surface area contributed by atoms with Gasteiger partial charge in [-0.15, -0.1) is 0 Å². The van der Waals surface area contributed by atoms with Crippen LogP contribution in [0.25, 0.3) is 0 Å². The van der Waals surface area contributed by atoms with Crippen LogP contribution in [0.15, 0.2) is 11.1 Å². The van der Waals surface area contributed by atoms with Crippen LogP contribution in [0.5, 0.6) is 0 Å². The van der Waals surface area contributed by atoms with E-state index in [2.05, 4.69) is 4.98 Å². The Balaban J connectivity index is 3.81. The van der Waals surface area contributed by atoms with E-state index >= 15 is 0 Å². The van der Waals surface area contributed by atoms with Crippen LogP contribution in [0.4, 0.5) is 22.0 Å². The van der Waals surface area contributed by atoms with Gasteiger partial charge in [0.05, 0.1) is 5.56 Å². The second-order valence-corrected chi connectivity index (χ2v) is 5.84. The van der Waals surface area contributed by atoms with Gasteiger partial charge in [-0.25, -0.2) is 17.2 Å². The Kier molecular flexibility index (Phi) is 4.37. The topological polar surface area (TPSA) is 73.1 Å². The number of hydrogen-bond donors (Lipinski definition) is 1. The normalized spacial score (nSPS) is 13.1. The molecular formula is C8H6ClF5N2O2S. The first-order chi connectivity index (χ1) is 8.50. The predicted octanol–water partition coefficient (Wildman–Crippen LogP) is 2.42. The Bertz CT molecular complexity index is 588. The third kappa shape index (κ3) is 3.31. The second-order valence-electron chi connectivity index (χ2n) is 3.30. The van der Waals surface area contributed by atoms with Crippen molar-refractivity contribution < 1.29 is 30.4 Å². The van der Waals surface area contributed by atoms with E-state index < -0.39 is 49.9 Å². The molecule has 0 aliphatic carbocycles. The maximum absolute atomic E-state index is 12.8. The number of halogens is 6. The predicted molar refractivity (Wildman–Crippen MR) is 55.1 cm³/mol. The molecule has 0 aromatic carbocycles. The molecule has 0 unspecified atom stereocenters. The van der Waals surface area contributed by atoms with E-state index in [1.54, 1.807) is 0 Å². The van der Waals surface area contributed by atoms with Gasteiger partial charge in [0.2, 0.25) is 0 Å². The van der Waals surface area contributed by atoms with Crippen LogP contribution in [-0.4, -0.2) is 13.4 Å². The summed E-state index contributed by atoms with van der Waals surface area (Å²) >= 11 is 0. The molecule has 2 N–H and O–H groups in total. The summed E-state index contributed by atoms with van der Waals surface area (Å²) < 4.78 is 85.5. The SMILES string of the molecule is NCc1c(S(=O)(=O)Cl)cnc(C(F)F)c1C(F)(F)F. The first-order valence-corrected chi connectivity index (χ1v) is 6.83. The number of alkyl halides is 5. The highest BCUT2D eigenvalue weighted by Gasteiger charge is 2.41. The molecule has 0 radical (unpaired) electrons. The van der Waals surface area contributed by atoms with Gasteiger partial charge in [0.15, 0.2) is 0 Å². The summed E-state index contributed by atoms with van der Waals surface area (Å²) in [7, 11) is 0.332. The zero-order valence-corrected chi connectivity index (χ0v) is 10.5. The average molecular weight is 325 g/mol. The van der Waals surface area contributed by atoms with Crippen LogP contribution >= 0.6 is 10.7 Å². The molecule has 1 aromatic rings. The van der Waals surface area contributed by atoms with E-state index in [4.69, 9.17) is 16.4 Å². The smallest absolute Gasteiger partial charge is 0.326 e. The Morgan fingerprint density at radius 1 is 1.37 bits per heavy atom. The maximum atomic E-state index is 12.8. The fourth-order valence-electron chi connectivity index (χ4n) is 1.44. The third-order valence-electron chi connectivity index (χ3n) is 2.13. The molecule has 108 valence electrons. The molecule has 1 aromatic heterocycles. The van der Waals surface area contributed by atoms with Crippen molar-refractivity contribution in [3.05, 3.63) is 23.0 Å². The molecular weight excluding hydrogens is 319 g/mol. The quantitative estimate of drug-likeness (QED) is 0.684. The highest BCUT2D eigenvalue weighted by atomic mass is 35.7. The standard InChI is InChI=1S/C8H6ClF5N2O2S/c9-19(17,18)4-2-16-6(7(10)11)5(3(4)1-15)8(12,13)14/h2,7H,1,15H2. The monoisotopic (exact) mass is 324 g/mol. The molecule has 19 heavy (non-hydrogen) atoms. The van der Waals surface area contributed by atoms with Crippen LogP contribution in [0.1, 0.15) is 23.2 Å². The molecule has 0 spiro atoms. The average Bonchev–Trinajstić information content (AvgIpc) is 2.24. The summed E-state index contributed by atoms with van der Waals surface area (Å²) in [5.41, 5.74) is 0.529. The lowest BCUT2D eigenvalue weighted by Gasteiger charge is -2.17. The molecule has 0 aliphatic rings. The van der Waals surface area contributed by atoms with Gasteiger partial charge in [-0.3, -0.25) is 4.98 Å². The fourth-order valence-corrected chi connectivity index (χ4v) is 2.50. The van der Waals surface area contributed by atoms with Gasteiger partial charge in [-0.2, -0.15) is 13.2 Å². The maximum Gasteiger partial charge on any atom is 0.418 e. The van der Waals surface area contributed by atoms with Crippen LogP contribution in [0, 0.1) is 0 Å². The minimum atomic E-state index is -5.23. The Labute approximate surface area is 108 Å². The van der Waals surface area contributed by atoms with Gasteiger partial charge in [0, 0.05) is 29.0 Å². The van der Waals surface area contributed by atoms with E-state index in [1.165, 1.54) is 0 Å². The summed E-state index contributed by atoms with van der Waals surface area (Å²) in [5.74, 6) is 0. The fraction of sp³-hybridized carbons (Fsp3) is 0.375. The minimum absolute atomic E-state index is 0.335. The van der Waals surface area contributed by atoms with Crippen molar-refractivity contribution in [1.29, 1.82) is 0 Å². The first kappa shape index (κ1) is 16.1. The van der Waals surface area contributed by atoms with Crippen molar-refractivity contribution in [2.75, 3.05) is 0 Å². The molecule has 0 amide bonds. The summed E-state index contributed by atoms with van der Waals surface area (Å²) in [4.78, 5) is 1.80. The number of nitrogens with two attached hydrogens (primary N) is 1. The van der Waals surface area contributed by atoms with E-state index in [0.29, 0.717) is 6.20 Å². The number of hydrogen-bond acceptors (Lipinski definition) is 4. The van der Waals surface area contributed by atoms with Crippen molar-refractivity contribution in [2.24, 2.45) is 5.73 Å². The van der Waals surface area contributed by atoms with E-state index in [-0.39, 0.29) is 0 Å². The lowest BCUT2D eigenvalue weighted by atomic mass is 10.1. The van der Waals surface area contributed by atoms with Crippen molar-refractivity contribution in [2.45, 2.75) is 24.0 Å². The van der Waals surface area contributed by atoms with Gasteiger partial charge < -0.3 is 5.73 Å². The Hall–Kier alpha value is -1.00. The van der Waals surface area contributed by atoms with Crippen molar-refractivity contribution in [3.63, 3.8) is 0 Å². The molecule has 0 fully saturated rings. The molecule has 0 aliphatic heterocycles. The Morgan fingerprint density at radius 2 is 1.89 bits per heavy atom. The summed E-state index contributed by atoms with van der Waals surface area (Å²) in [6, 6.07) is 0. The number of aromatic nitrogens is 1. The lowest BCUT2D eigenvalue weighted by Crippen LogP contribution is -2.19. The van der Waals surface area contributed by atoms with Gasteiger partial charge in [-0.05, 0) is 0 Å². The van der Waals surface area contributed by atoms with Crippen molar-refractivity contribution >= 4 is 19.7 Å². The molecule has 0 bridgehead atoms. The Morgan fingerprint density at radius 3 is 2.21 bits per heavy atom. The molecule has 0 saturated heterocycles. The number of rotatable bonds is 3. The van der Waals surface area contributed by atoms with Gasteiger partial charge in [-0.1, -0.05) is 0 Å². The van der Waals surface area contributed by atoms with Crippen LogP contribution in [-0.2, 0) is 21.8 Å². The molecule has 0 saturated carbocycles. The molecule has 1 rings (SSSR count). The van der Waals surface area contributed by atoms with Crippen LogP contribution in [0.2, 0.25) is 0 Å². The molecule has 4 nitrogen and oxygen atoms in total. The number of nitrogens with zero attached hydrogens (tertiary/aromatic N) is 1. The van der Waals surface area contributed by atoms with E-state index in [1.807, 2.05) is 0 Å². The van der Waals surface area contributed by atoms with E-state index in [0.717, 1.165) is 0 Å². The summed E-state index contributed by atoms with van der Waals surface area (Å²) in [6.07, 6.45) is -8.43. The second kappa shape index (κ2) is 5.17. The van der Waals surface area contributed by atoms with Crippen molar-refractivity contribution in [1.82, 2.24) is 4.98 Å².